The SMILES string of the molecule is CC(CC(=O)n1ccc(N)nc1=O)c1ccc2c(c1)CCC2. The molecule has 1 atom stereocenters. The van der Waals surface area contributed by atoms with Crippen LogP contribution in [0.25, 0.3) is 0 Å². The summed E-state index contributed by atoms with van der Waals surface area (Å²) in [4.78, 5) is 27.6. The Morgan fingerprint density at radius 2 is 2.09 bits per heavy atom. The first-order valence-corrected chi connectivity index (χ1v) is 7.54. The summed E-state index contributed by atoms with van der Waals surface area (Å²) in [5.74, 6) is -0.0749. The van der Waals surface area contributed by atoms with Crippen molar-refractivity contribution in [3.63, 3.8) is 0 Å². The summed E-state index contributed by atoms with van der Waals surface area (Å²) in [6.07, 6.45) is 5.13. The molecule has 1 aromatic carbocycles. The van der Waals surface area contributed by atoms with Gasteiger partial charge >= 0.3 is 5.69 Å². The summed E-state index contributed by atoms with van der Waals surface area (Å²) in [6, 6.07) is 7.91. The predicted octanol–water partition coefficient (Wildman–Crippen LogP) is 2.15. The second-order valence-electron chi connectivity index (χ2n) is 5.89. The van der Waals surface area contributed by atoms with Crippen LogP contribution >= 0.6 is 0 Å². The van der Waals surface area contributed by atoms with E-state index in [0.29, 0.717) is 0 Å². The van der Waals surface area contributed by atoms with Crippen molar-refractivity contribution in [3.8, 4) is 0 Å². The highest BCUT2D eigenvalue weighted by Gasteiger charge is 2.17. The lowest BCUT2D eigenvalue weighted by Gasteiger charge is -2.13. The van der Waals surface area contributed by atoms with Gasteiger partial charge in [-0.15, -0.1) is 0 Å². The molecule has 5 nitrogen and oxygen atoms in total. The van der Waals surface area contributed by atoms with Crippen molar-refractivity contribution in [1.82, 2.24) is 9.55 Å². The van der Waals surface area contributed by atoms with Gasteiger partial charge in [0.15, 0.2) is 0 Å². The molecule has 0 amide bonds. The Labute approximate surface area is 128 Å². The Bertz CT molecular complexity index is 780. The average molecular weight is 297 g/mol. The molecule has 2 N–H and O–H groups in total. The number of carbonyl (C=O) groups is 1. The van der Waals surface area contributed by atoms with Gasteiger partial charge in [0, 0.05) is 12.6 Å². The van der Waals surface area contributed by atoms with E-state index in [1.54, 1.807) is 0 Å². The molecule has 1 aliphatic rings. The van der Waals surface area contributed by atoms with Crippen molar-refractivity contribution >= 4 is 11.7 Å². The molecule has 1 unspecified atom stereocenters. The second-order valence-corrected chi connectivity index (χ2v) is 5.89. The maximum atomic E-state index is 12.3. The maximum absolute atomic E-state index is 12.3. The maximum Gasteiger partial charge on any atom is 0.356 e. The minimum Gasteiger partial charge on any atom is -0.383 e. The number of hydrogen-bond donors (Lipinski definition) is 1. The molecule has 0 aliphatic heterocycles. The van der Waals surface area contributed by atoms with E-state index < -0.39 is 5.69 Å². The summed E-state index contributed by atoms with van der Waals surface area (Å²) >= 11 is 0. The molecule has 0 radical (unpaired) electrons. The number of aromatic nitrogens is 2. The molecule has 0 fully saturated rings. The zero-order valence-corrected chi connectivity index (χ0v) is 12.6. The minimum absolute atomic E-state index is 0.0582. The van der Waals surface area contributed by atoms with E-state index in [0.717, 1.165) is 23.0 Å². The Morgan fingerprint density at radius 1 is 1.32 bits per heavy atom. The number of rotatable bonds is 3. The van der Waals surface area contributed by atoms with Crippen LogP contribution in [0.15, 0.2) is 35.3 Å². The Hall–Kier alpha value is -2.43. The Kier molecular flexibility index (Phi) is 3.79. The first-order chi connectivity index (χ1) is 10.5. The van der Waals surface area contributed by atoms with Crippen LogP contribution < -0.4 is 11.4 Å². The number of aryl methyl sites for hydroxylation is 2. The number of hydrogen-bond acceptors (Lipinski definition) is 4. The lowest BCUT2D eigenvalue weighted by molar-refractivity contribution is 0.0889. The smallest absolute Gasteiger partial charge is 0.356 e. The zero-order valence-electron chi connectivity index (χ0n) is 12.6. The summed E-state index contributed by atoms with van der Waals surface area (Å²) in [6.45, 7) is 2.00. The molecule has 2 aromatic rings. The van der Waals surface area contributed by atoms with Gasteiger partial charge in [-0.1, -0.05) is 25.1 Å². The quantitative estimate of drug-likeness (QED) is 0.941. The van der Waals surface area contributed by atoms with E-state index in [9.17, 15) is 9.59 Å². The summed E-state index contributed by atoms with van der Waals surface area (Å²) in [7, 11) is 0. The average Bonchev–Trinajstić information content (AvgIpc) is 2.94. The van der Waals surface area contributed by atoms with E-state index in [2.05, 4.69) is 23.2 Å². The lowest BCUT2D eigenvalue weighted by atomic mass is 9.94. The van der Waals surface area contributed by atoms with E-state index in [-0.39, 0.29) is 24.1 Å². The molecule has 114 valence electrons. The fraction of sp³-hybridized carbons (Fsp3) is 0.353. The third-order valence-electron chi connectivity index (χ3n) is 4.27. The molecule has 0 saturated carbocycles. The number of fused-ring (bicyclic) bond motifs is 1. The van der Waals surface area contributed by atoms with Crippen molar-refractivity contribution in [2.24, 2.45) is 0 Å². The standard InChI is InChI=1S/C17H19N3O2/c1-11(13-6-5-12-3-2-4-14(12)10-13)9-16(21)20-8-7-15(18)19-17(20)22/h5-8,10-11H,2-4,9H2,1H3,(H2,18,19,22). The van der Waals surface area contributed by atoms with Gasteiger partial charge in [-0.05, 0) is 47.9 Å². The van der Waals surface area contributed by atoms with Crippen LogP contribution in [0, 0.1) is 0 Å². The van der Waals surface area contributed by atoms with Crippen molar-refractivity contribution in [3.05, 3.63) is 57.6 Å². The molecule has 3 rings (SSSR count). The molecule has 5 heteroatoms. The van der Waals surface area contributed by atoms with Crippen molar-refractivity contribution < 1.29 is 4.79 Å². The van der Waals surface area contributed by atoms with Gasteiger partial charge in [0.25, 0.3) is 0 Å². The molecular formula is C17H19N3O2. The van der Waals surface area contributed by atoms with E-state index in [1.807, 2.05) is 6.92 Å². The van der Waals surface area contributed by atoms with Crippen LogP contribution in [0.4, 0.5) is 5.82 Å². The fourth-order valence-electron chi connectivity index (χ4n) is 2.98. The summed E-state index contributed by atoms with van der Waals surface area (Å²) in [5, 5.41) is 0. The van der Waals surface area contributed by atoms with Gasteiger partial charge in [0.1, 0.15) is 5.82 Å². The molecule has 22 heavy (non-hydrogen) atoms. The highest BCUT2D eigenvalue weighted by molar-refractivity contribution is 5.79. The molecule has 0 bridgehead atoms. The number of nitrogens with zero attached hydrogens (tertiary/aromatic N) is 2. The van der Waals surface area contributed by atoms with Gasteiger partial charge in [-0.3, -0.25) is 4.79 Å². The topological polar surface area (TPSA) is 78.0 Å². The monoisotopic (exact) mass is 297 g/mol. The van der Waals surface area contributed by atoms with Gasteiger partial charge in [0.2, 0.25) is 5.91 Å². The summed E-state index contributed by atoms with van der Waals surface area (Å²) < 4.78 is 1.03. The largest absolute Gasteiger partial charge is 0.383 e. The highest BCUT2D eigenvalue weighted by Crippen LogP contribution is 2.27. The molecule has 1 aromatic heterocycles. The number of benzene rings is 1. The normalized spacial score (nSPS) is 14.6. The predicted molar refractivity (Wildman–Crippen MR) is 85.0 cm³/mol. The van der Waals surface area contributed by atoms with Gasteiger partial charge in [-0.25, -0.2) is 9.36 Å². The molecule has 1 aliphatic carbocycles. The molecule has 1 heterocycles. The lowest BCUT2D eigenvalue weighted by Crippen LogP contribution is -2.29. The van der Waals surface area contributed by atoms with Crippen LogP contribution in [0.3, 0.4) is 0 Å². The molecule has 0 saturated heterocycles. The van der Waals surface area contributed by atoms with Gasteiger partial charge in [-0.2, -0.15) is 4.98 Å². The first kappa shape index (κ1) is 14.5. The van der Waals surface area contributed by atoms with Gasteiger partial charge < -0.3 is 5.73 Å². The van der Waals surface area contributed by atoms with E-state index >= 15 is 0 Å². The first-order valence-electron chi connectivity index (χ1n) is 7.54. The Balaban J connectivity index is 1.77. The second kappa shape index (κ2) is 5.75. The third-order valence-corrected chi connectivity index (χ3v) is 4.27. The number of nitrogens with two attached hydrogens (primary N) is 1. The number of carbonyl (C=O) groups excluding carboxylic acids is 1. The molecular weight excluding hydrogens is 278 g/mol. The molecule has 0 spiro atoms. The third kappa shape index (κ3) is 2.79. The van der Waals surface area contributed by atoms with Crippen molar-refractivity contribution in [2.75, 3.05) is 5.73 Å². The van der Waals surface area contributed by atoms with Gasteiger partial charge in [0.05, 0.1) is 0 Å². The van der Waals surface area contributed by atoms with Crippen LogP contribution in [-0.2, 0) is 12.8 Å². The number of anilines is 1. The van der Waals surface area contributed by atoms with Crippen LogP contribution in [0.2, 0.25) is 0 Å². The zero-order chi connectivity index (χ0) is 15.7. The highest BCUT2D eigenvalue weighted by atomic mass is 16.2. The summed E-state index contributed by atoms with van der Waals surface area (Å²) in [5.41, 5.74) is 8.77. The fourth-order valence-corrected chi connectivity index (χ4v) is 2.98. The van der Waals surface area contributed by atoms with E-state index in [4.69, 9.17) is 5.73 Å². The van der Waals surface area contributed by atoms with Crippen LogP contribution in [0.1, 0.15) is 47.2 Å². The van der Waals surface area contributed by atoms with Crippen LogP contribution in [-0.4, -0.2) is 15.5 Å². The van der Waals surface area contributed by atoms with E-state index in [1.165, 1.54) is 29.8 Å². The van der Waals surface area contributed by atoms with Crippen molar-refractivity contribution in [1.29, 1.82) is 0 Å². The van der Waals surface area contributed by atoms with Crippen LogP contribution in [0.5, 0.6) is 0 Å². The van der Waals surface area contributed by atoms with Crippen molar-refractivity contribution in [2.45, 2.75) is 38.5 Å². The Morgan fingerprint density at radius 3 is 2.86 bits per heavy atom. The number of nitrogen functional groups attached to an aromatic ring is 1. The minimum atomic E-state index is -0.619.